The van der Waals surface area contributed by atoms with Crippen molar-refractivity contribution in [2.75, 3.05) is 5.75 Å². The SMILES string of the molecule is C[C@@H]1[C@H](CSc2ncn[nH]2)O[C@H](c2ccc(-c3cccc(CNC(=O)CCCC(=O)O)c3)cc2)O[C@@H]1c1ccc(CO)cc1. The summed E-state index contributed by atoms with van der Waals surface area (Å²) in [6.45, 7) is 2.48. The molecule has 1 aromatic heterocycles. The second-order valence-electron chi connectivity index (χ2n) is 10.8. The minimum Gasteiger partial charge on any atom is -0.481 e. The van der Waals surface area contributed by atoms with Gasteiger partial charge in [-0.05, 0) is 40.3 Å². The minimum atomic E-state index is -0.900. The van der Waals surface area contributed by atoms with Crippen LogP contribution in [0.25, 0.3) is 11.1 Å². The molecule has 1 aliphatic rings. The van der Waals surface area contributed by atoms with E-state index in [2.05, 4.69) is 27.4 Å². The average molecular weight is 617 g/mol. The van der Waals surface area contributed by atoms with Gasteiger partial charge in [-0.25, -0.2) is 4.98 Å². The number of aliphatic hydroxyl groups excluding tert-OH is 1. The molecule has 0 unspecified atom stereocenters. The normalized spacial score (nSPS) is 19.9. The molecule has 5 rings (SSSR count). The number of nitrogens with zero attached hydrogens (tertiary/aromatic N) is 2. The van der Waals surface area contributed by atoms with Crippen LogP contribution in [0.2, 0.25) is 0 Å². The number of hydrogen-bond acceptors (Lipinski definition) is 8. The number of carbonyl (C=O) groups excluding carboxylic acids is 1. The molecular weight excluding hydrogens is 580 g/mol. The van der Waals surface area contributed by atoms with E-state index in [1.54, 1.807) is 11.8 Å². The van der Waals surface area contributed by atoms with Crippen LogP contribution in [0.4, 0.5) is 0 Å². The molecule has 230 valence electrons. The number of amides is 1. The number of carboxylic acids is 1. The largest absolute Gasteiger partial charge is 0.481 e. The van der Waals surface area contributed by atoms with E-state index >= 15 is 0 Å². The lowest BCUT2D eigenvalue weighted by Gasteiger charge is -2.41. The first-order chi connectivity index (χ1) is 21.4. The maximum absolute atomic E-state index is 12.1. The Morgan fingerprint density at radius 3 is 2.43 bits per heavy atom. The number of carboxylic acid groups (broad SMARTS) is 1. The average Bonchev–Trinajstić information content (AvgIpc) is 3.57. The third-order valence-corrected chi connectivity index (χ3v) is 8.59. The summed E-state index contributed by atoms with van der Waals surface area (Å²) in [7, 11) is 0. The standard InChI is InChI=1S/C33H36N4O6S/c1-21-28(19-44-33-35-20-36-37-33)42-32(43-31(21)25-10-8-22(18-38)9-11-25)26-14-12-24(13-15-26)27-5-2-4-23(16-27)17-34-29(39)6-3-7-30(40)41/h2,4-5,8-16,20-21,28,31-32,38H,3,6-7,17-19H2,1H3,(H,34,39)(H,40,41)(H,35,36,37)/t21-,28+,31+,32+/m1/s1. The van der Waals surface area contributed by atoms with Crippen molar-refractivity contribution in [3.05, 3.63) is 101 Å². The van der Waals surface area contributed by atoms with Gasteiger partial charge in [-0.3, -0.25) is 14.7 Å². The zero-order valence-corrected chi connectivity index (χ0v) is 25.2. The Bertz CT molecular complexity index is 1510. The first kappa shape index (κ1) is 31.4. The Morgan fingerprint density at radius 1 is 0.955 bits per heavy atom. The van der Waals surface area contributed by atoms with Crippen LogP contribution in [-0.4, -0.2) is 49.1 Å². The smallest absolute Gasteiger partial charge is 0.303 e. The van der Waals surface area contributed by atoms with Crippen LogP contribution in [0.3, 0.4) is 0 Å². The summed E-state index contributed by atoms with van der Waals surface area (Å²) in [5.41, 5.74) is 5.75. The maximum atomic E-state index is 12.1. The number of aliphatic carboxylic acids is 1. The number of aromatic nitrogens is 3. The molecular formula is C33H36N4O6S. The van der Waals surface area contributed by atoms with Crippen molar-refractivity contribution in [3.8, 4) is 11.1 Å². The quantitative estimate of drug-likeness (QED) is 0.145. The lowest BCUT2D eigenvalue weighted by molar-refractivity contribution is -0.268. The number of rotatable bonds is 13. The van der Waals surface area contributed by atoms with Crippen molar-refractivity contribution in [1.29, 1.82) is 0 Å². The molecule has 11 heteroatoms. The third-order valence-electron chi connectivity index (χ3n) is 7.63. The van der Waals surface area contributed by atoms with Crippen molar-refractivity contribution in [2.45, 2.75) is 63.0 Å². The molecule has 3 aromatic carbocycles. The lowest BCUT2D eigenvalue weighted by Crippen LogP contribution is -2.38. The summed E-state index contributed by atoms with van der Waals surface area (Å²) in [6, 6.07) is 23.9. The number of nitrogens with one attached hydrogen (secondary N) is 2. The molecule has 0 saturated carbocycles. The maximum Gasteiger partial charge on any atom is 0.303 e. The van der Waals surface area contributed by atoms with Gasteiger partial charge >= 0.3 is 5.97 Å². The summed E-state index contributed by atoms with van der Waals surface area (Å²) in [5, 5.41) is 28.7. The van der Waals surface area contributed by atoms with Crippen molar-refractivity contribution >= 4 is 23.6 Å². The Labute approximate surface area is 260 Å². The predicted molar refractivity (Wildman–Crippen MR) is 165 cm³/mol. The fraction of sp³-hybridized carbons (Fsp3) is 0.333. The van der Waals surface area contributed by atoms with Crippen LogP contribution < -0.4 is 5.32 Å². The Hall–Kier alpha value is -4.03. The van der Waals surface area contributed by atoms with E-state index in [0.717, 1.165) is 38.5 Å². The van der Waals surface area contributed by atoms with Gasteiger partial charge in [-0.2, -0.15) is 5.10 Å². The molecule has 1 saturated heterocycles. The molecule has 1 fully saturated rings. The van der Waals surface area contributed by atoms with Crippen molar-refractivity contribution < 1.29 is 29.3 Å². The Morgan fingerprint density at radius 2 is 1.73 bits per heavy atom. The van der Waals surface area contributed by atoms with Crippen molar-refractivity contribution in [1.82, 2.24) is 20.5 Å². The van der Waals surface area contributed by atoms with Gasteiger partial charge in [0.1, 0.15) is 6.33 Å². The van der Waals surface area contributed by atoms with Crippen LogP contribution in [0, 0.1) is 5.92 Å². The van der Waals surface area contributed by atoms with E-state index in [0.29, 0.717) is 18.7 Å². The predicted octanol–water partition coefficient (Wildman–Crippen LogP) is 5.42. The zero-order chi connectivity index (χ0) is 30.9. The summed E-state index contributed by atoms with van der Waals surface area (Å²) >= 11 is 1.56. The van der Waals surface area contributed by atoms with Gasteiger partial charge in [-0.1, -0.05) is 85.4 Å². The van der Waals surface area contributed by atoms with Crippen LogP contribution in [0.15, 0.2) is 84.3 Å². The number of aliphatic hydroxyl groups is 1. The summed E-state index contributed by atoms with van der Waals surface area (Å²) in [5.74, 6) is -0.338. The fourth-order valence-electron chi connectivity index (χ4n) is 5.12. The van der Waals surface area contributed by atoms with E-state index < -0.39 is 12.3 Å². The molecule has 0 aliphatic carbocycles. The highest BCUT2D eigenvalue weighted by Gasteiger charge is 2.38. The second kappa shape index (κ2) is 15.1. The fourth-order valence-corrected chi connectivity index (χ4v) is 6.06. The van der Waals surface area contributed by atoms with Gasteiger partial charge < -0.3 is 25.0 Å². The summed E-state index contributed by atoms with van der Waals surface area (Å²) in [6.07, 6.45) is 1.06. The first-order valence-electron chi connectivity index (χ1n) is 14.6. The first-order valence-corrected chi connectivity index (χ1v) is 15.5. The van der Waals surface area contributed by atoms with Gasteiger partial charge in [-0.15, -0.1) is 0 Å². The highest BCUT2D eigenvalue weighted by Crippen LogP contribution is 2.43. The van der Waals surface area contributed by atoms with Gasteiger partial charge in [0, 0.05) is 36.6 Å². The summed E-state index contributed by atoms with van der Waals surface area (Å²) in [4.78, 5) is 27.0. The molecule has 0 bridgehead atoms. The molecule has 1 aliphatic heterocycles. The Kier molecular flexibility index (Phi) is 10.8. The molecule has 0 spiro atoms. The van der Waals surface area contributed by atoms with Crippen molar-refractivity contribution in [2.24, 2.45) is 5.92 Å². The number of hydrogen-bond donors (Lipinski definition) is 4. The lowest BCUT2D eigenvalue weighted by atomic mass is 9.91. The molecule has 4 atom stereocenters. The van der Waals surface area contributed by atoms with Crippen LogP contribution in [-0.2, 0) is 32.2 Å². The highest BCUT2D eigenvalue weighted by atomic mass is 32.2. The number of aromatic amines is 1. The molecule has 1 amide bonds. The zero-order valence-electron chi connectivity index (χ0n) is 24.4. The van der Waals surface area contributed by atoms with E-state index in [1.165, 1.54) is 6.33 Å². The van der Waals surface area contributed by atoms with Crippen molar-refractivity contribution in [3.63, 3.8) is 0 Å². The van der Waals surface area contributed by atoms with E-state index in [-0.39, 0.29) is 43.5 Å². The molecule has 2 heterocycles. The second-order valence-corrected chi connectivity index (χ2v) is 11.8. The van der Waals surface area contributed by atoms with Gasteiger partial charge in [0.05, 0.1) is 18.8 Å². The molecule has 10 nitrogen and oxygen atoms in total. The van der Waals surface area contributed by atoms with Crippen LogP contribution in [0.5, 0.6) is 0 Å². The van der Waals surface area contributed by atoms with E-state index in [9.17, 15) is 14.7 Å². The number of ether oxygens (including phenoxy) is 2. The Balaban J connectivity index is 1.28. The number of thioether (sulfide) groups is 1. The van der Waals surface area contributed by atoms with E-state index in [4.69, 9.17) is 14.6 Å². The van der Waals surface area contributed by atoms with Gasteiger partial charge in [0.2, 0.25) is 5.91 Å². The number of H-pyrrole nitrogens is 1. The van der Waals surface area contributed by atoms with Gasteiger partial charge in [0.25, 0.3) is 0 Å². The number of carbonyl (C=O) groups is 2. The topological polar surface area (TPSA) is 147 Å². The molecule has 0 radical (unpaired) electrons. The van der Waals surface area contributed by atoms with Crippen LogP contribution >= 0.6 is 11.8 Å². The monoisotopic (exact) mass is 616 g/mol. The summed E-state index contributed by atoms with van der Waals surface area (Å²) < 4.78 is 13.1. The third kappa shape index (κ3) is 8.32. The van der Waals surface area contributed by atoms with Gasteiger partial charge in [0.15, 0.2) is 11.4 Å². The molecule has 44 heavy (non-hydrogen) atoms. The van der Waals surface area contributed by atoms with Crippen LogP contribution in [0.1, 0.15) is 60.8 Å². The minimum absolute atomic E-state index is 0.0119. The molecule has 4 aromatic rings. The number of benzene rings is 3. The van der Waals surface area contributed by atoms with E-state index in [1.807, 2.05) is 72.8 Å². The highest BCUT2D eigenvalue weighted by molar-refractivity contribution is 7.99. The molecule has 4 N–H and O–H groups in total.